The summed E-state index contributed by atoms with van der Waals surface area (Å²) in [6.07, 6.45) is 13.1. The molecule has 2 aliphatic carbocycles. The van der Waals surface area contributed by atoms with Gasteiger partial charge in [0.2, 0.25) is 5.91 Å². The number of nitrogens with zero attached hydrogens (tertiary/aromatic N) is 3. The van der Waals surface area contributed by atoms with E-state index < -0.39 is 11.0 Å². The summed E-state index contributed by atoms with van der Waals surface area (Å²) in [5.74, 6) is 0.692. The first-order valence-corrected chi connectivity index (χ1v) is 16.1. The first-order chi connectivity index (χ1) is 19.1. The maximum absolute atomic E-state index is 13.6. The standard InChI is InChI=1S/C32H45N3O4S/c1-23(17-24-9-5-4-6-10-24)29(37)34-15-14-32(39,31(21-34)12-7-8-13-31)22-35-19-27(30(38)33(2)3)26(18-28(35)36)25-11-16-40-20-25/h11,16,18-20,23-24,39H,4-10,12-15,17,21-22H2,1-3H3/t23-,32?/m1/s1. The van der Waals surface area contributed by atoms with Crippen molar-refractivity contribution < 1.29 is 14.7 Å². The highest BCUT2D eigenvalue weighted by atomic mass is 32.1. The Hall–Kier alpha value is -2.45. The molecule has 2 aromatic heterocycles. The van der Waals surface area contributed by atoms with Crippen LogP contribution in [0.3, 0.4) is 0 Å². The summed E-state index contributed by atoms with van der Waals surface area (Å²) in [5, 5.41) is 16.2. The zero-order valence-corrected chi connectivity index (χ0v) is 25.2. The van der Waals surface area contributed by atoms with Crippen LogP contribution in [-0.4, -0.2) is 64.1 Å². The minimum Gasteiger partial charge on any atom is -0.387 e. The maximum Gasteiger partial charge on any atom is 0.255 e. The summed E-state index contributed by atoms with van der Waals surface area (Å²) in [6.45, 7) is 3.25. The Morgan fingerprint density at radius 2 is 1.85 bits per heavy atom. The SMILES string of the molecule is C[C@H](CC1CCCCC1)C(=O)N1CCC(O)(Cn2cc(C(=O)N(C)C)c(-c3ccsc3)cc2=O)C2(CCCC2)C1. The van der Waals surface area contributed by atoms with Gasteiger partial charge in [-0.3, -0.25) is 14.4 Å². The van der Waals surface area contributed by atoms with Crippen LogP contribution in [0.5, 0.6) is 0 Å². The topological polar surface area (TPSA) is 82.8 Å². The number of hydrogen-bond acceptors (Lipinski definition) is 5. The van der Waals surface area contributed by atoms with E-state index in [1.807, 2.05) is 21.7 Å². The van der Waals surface area contributed by atoms with E-state index in [1.165, 1.54) is 59.0 Å². The molecule has 2 aromatic rings. The first kappa shape index (κ1) is 29.1. The molecular formula is C32H45N3O4S. The zero-order chi connectivity index (χ0) is 28.5. The summed E-state index contributed by atoms with van der Waals surface area (Å²) in [7, 11) is 3.41. The number of likely N-dealkylation sites (tertiary alicyclic amines) is 1. The predicted molar refractivity (Wildman–Crippen MR) is 159 cm³/mol. The Morgan fingerprint density at radius 3 is 2.50 bits per heavy atom. The number of piperidine rings is 1. The normalized spacial score (nSPS) is 23.9. The molecule has 2 amide bonds. The van der Waals surface area contributed by atoms with Crippen molar-refractivity contribution >= 4 is 23.2 Å². The van der Waals surface area contributed by atoms with Crippen LogP contribution in [0, 0.1) is 17.3 Å². The van der Waals surface area contributed by atoms with Gasteiger partial charge in [0, 0.05) is 56.3 Å². The molecule has 5 rings (SSSR count). The molecule has 1 N–H and O–H groups in total. The van der Waals surface area contributed by atoms with Gasteiger partial charge in [-0.2, -0.15) is 11.3 Å². The quantitative estimate of drug-likeness (QED) is 0.485. The van der Waals surface area contributed by atoms with Crippen molar-refractivity contribution in [2.24, 2.45) is 17.3 Å². The number of carbonyl (C=O) groups is 2. The second-order valence-corrected chi connectivity index (χ2v) is 13.7. The van der Waals surface area contributed by atoms with Gasteiger partial charge in [0.25, 0.3) is 11.5 Å². The Morgan fingerprint density at radius 1 is 1.12 bits per heavy atom. The van der Waals surface area contributed by atoms with Crippen molar-refractivity contribution in [2.75, 3.05) is 27.2 Å². The summed E-state index contributed by atoms with van der Waals surface area (Å²) in [4.78, 5) is 43.7. The molecule has 3 heterocycles. The minimum absolute atomic E-state index is 0.000353. The van der Waals surface area contributed by atoms with Crippen LogP contribution in [0.4, 0.5) is 0 Å². The van der Waals surface area contributed by atoms with Crippen molar-refractivity contribution in [1.82, 2.24) is 14.4 Å². The van der Waals surface area contributed by atoms with Crippen LogP contribution >= 0.6 is 11.3 Å². The first-order valence-electron chi connectivity index (χ1n) is 15.1. The van der Waals surface area contributed by atoms with E-state index in [2.05, 4.69) is 6.92 Å². The smallest absolute Gasteiger partial charge is 0.255 e. The van der Waals surface area contributed by atoms with Crippen molar-refractivity contribution in [3.63, 3.8) is 0 Å². The Kier molecular flexibility index (Phi) is 8.58. The Labute approximate surface area is 242 Å². The second kappa shape index (κ2) is 11.8. The monoisotopic (exact) mass is 567 g/mol. The van der Waals surface area contributed by atoms with E-state index in [4.69, 9.17) is 0 Å². The van der Waals surface area contributed by atoms with Crippen LogP contribution < -0.4 is 5.56 Å². The molecule has 1 unspecified atom stereocenters. The van der Waals surface area contributed by atoms with Gasteiger partial charge in [-0.05, 0) is 54.0 Å². The van der Waals surface area contributed by atoms with Gasteiger partial charge in [0.1, 0.15) is 0 Å². The molecular weight excluding hydrogens is 522 g/mol. The van der Waals surface area contributed by atoms with Crippen molar-refractivity contribution in [1.29, 1.82) is 0 Å². The van der Waals surface area contributed by atoms with Gasteiger partial charge >= 0.3 is 0 Å². The van der Waals surface area contributed by atoms with Crippen LogP contribution in [-0.2, 0) is 11.3 Å². The molecule has 2 atom stereocenters. The largest absolute Gasteiger partial charge is 0.387 e. The molecule has 0 bridgehead atoms. The van der Waals surface area contributed by atoms with Crippen molar-refractivity contribution in [2.45, 2.75) is 89.7 Å². The number of carbonyl (C=O) groups excluding carboxylic acids is 2. The van der Waals surface area contributed by atoms with E-state index in [1.54, 1.807) is 20.3 Å². The zero-order valence-electron chi connectivity index (χ0n) is 24.4. The number of pyridine rings is 1. The highest BCUT2D eigenvalue weighted by molar-refractivity contribution is 7.08. The lowest BCUT2D eigenvalue weighted by atomic mass is 9.65. The average molecular weight is 568 g/mol. The number of aromatic nitrogens is 1. The molecule has 0 aromatic carbocycles. The van der Waals surface area contributed by atoms with Crippen LogP contribution in [0.1, 0.15) is 87.9 Å². The lowest BCUT2D eigenvalue weighted by molar-refractivity contribution is -0.163. The van der Waals surface area contributed by atoms with Crippen molar-refractivity contribution in [3.8, 4) is 11.1 Å². The van der Waals surface area contributed by atoms with Gasteiger partial charge in [0.05, 0.1) is 17.7 Å². The number of thiophene rings is 1. The molecule has 7 nitrogen and oxygen atoms in total. The fourth-order valence-corrected chi connectivity index (χ4v) is 8.32. The lowest BCUT2D eigenvalue weighted by Crippen LogP contribution is -2.62. The number of rotatable bonds is 7. The van der Waals surface area contributed by atoms with E-state index in [0.29, 0.717) is 36.6 Å². The molecule has 3 fully saturated rings. The van der Waals surface area contributed by atoms with Gasteiger partial charge in [-0.1, -0.05) is 51.9 Å². The number of aliphatic hydroxyl groups is 1. The molecule has 1 aliphatic heterocycles. The predicted octanol–water partition coefficient (Wildman–Crippen LogP) is 5.41. The third kappa shape index (κ3) is 5.67. The highest BCUT2D eigenvalue weighted by Gasteiger charge is 2.55. The summed E-state index contributed by atoms with van der Waals surface area (Å²) in [6, 6.07) is 3.45. The Bertz CT molecular complexity index is 1260. The molecule has 2 saturated carbocycles. The lowest BCUT2D eigenvalue weighted by Gasteiger charge is -2.53. The third-order valence-corrected chi connectivity index (χ3v) is 10.7. The summed E-state index contributed by atoms with van der Waals surface area (Å²) < 4.78 is 1.54. The van der Waals surface area contributed by atoms with E-state index in [0.717, 1.165) is 37.7 Å². The molecule has 1 saturated heterocycles. The summed E-state index contributed by atoms with van der Waals surface area (Å²) in [5.41, 5.74) is 0.131. The van der Waals surface area contributed by atoms with Gasteiger partial charge in [-0.25, -0.2) is 0 Å². The van der Waals surface area contributed by atoms with Crippen LogP contribution in [0.25, 0.3) is 11.1 Å². The molecule has 3 aliphatic rings. The summed E-state index contributed by atoms with van der Waals surface area (Å²) >= 11 is 1.52. The molecule has 8 heteroatoms. The third-order valence-electron chi connectivity index (χ3n) is 10.0. The van der Waals surface area contributed by atoms with Crippen molar-refractivity contribution in [3.05, 3.63) is 45.0 Å². The molecule has 218 valence electrons. The number of hydrogen-bond donors (Lipinski definition) is 1. The average Bonchev–Trinajstić information content (AvgIpc) is 3.65. The molecule has 0 radical (unpaired) electrons. The van der Waals surface area contributed by atoms with Gasteiger partial charge in [0.15, 0.2) is 0 Å². The van der Waals surface area contributed by atoms with E-state index in [9.17, 15) is 19.5 Å². The maximum atomic E-state index is 13.6. The van der Waals surface area contributed by atoms with E-state index in [-0.39, 0.29) is 29.8 Å². The van der Waals surface area contributed by atoms with E-state index >= 15 is 0 Å². The van der Waals surface area contributed by atoms with Gasteiger partial charge in [-0.15, -0.1) is 0 Å². The number of amides is 2. The highest BCUT2D eigenvalue weighted by Crippen LogP contribution is 2.52. The fourth-order valence-electron chi connectivity index (χ4n) is 7.67. The van der Waals surface area contributed by atoms with Gasteiger partial charge < -0.3 is 19.5 Å². The molecule has 40 heavy (non-hydrogen) atoms. The van der Waals surface area contributed by atoms with Crippen LogP contribution in [0.2, 0.25) is 0 Å². The fraction of sp³-hybridized carbons (Fsp3) is 0.656. The van der Waals surface area contributed by atoms with Crippen LogP contribution in [0.15, 0.2) is 33.9 Å². The minimum atomic E-state index is -1.13. The second-order valence-electron chi connectivity index (χ2n) is 12.9. The Balaban J connectivity index is 1.39. The molecule has 1 spiro atoms.